The molecule has 3 amide bonds. The van der Waals surface area contributed by atoms with Crippen LogP contribution in [-0.4, -0.2) is 54.7 Å². The number of carboxylic acid groups (broad SMARTS) is 1. The number of carbonyl (C=O) groups is 3. The summed E-state index contributed by atoms with van der Waals surface area (Å²) in [6, 6.07) is 1.18. The maximum Gasteiger partial charge on any atom is 0.328 e. The van der Waals surface area contributed by atoms with E-state index >= 15 is 0 Å². The van der Waals surface area contributed by atoms with E-state index in [2.05, 4.69) is 0 Å². The number of hydrogen-bond donors (Lipinski definition) is 2. The predicted molar refractivity (Wildman–Crippen MR) is 64.0 cm³/mol. The lowest BCUT2D eigenvalue weighted by atomic mass is 10.4. The second-order valence-corrected chi connectivity index (χ2v) is 3.35. The molecule has 0 aromatic rings. The summed E-state index contributed by atoms with van der Waals surface area (Å²) in [7, 11) is 1.46. The molecule has 0 aliphatic rings. The number of urea groups is 1. The quantitative estimate of drug-likeness (QED) is 0.613. The molecule has 19 heavy (non-hydrogen) atoms. The normalized spacial score (nSPS) is 9.89. The number of carbonyl (C=O) groups excluding carboxylic acids is 2. The number of imide groups is 1. The number of nitrogens with zero attached hydrogens (tertiary/aromatic N) is 2. The highest BCUT2D eigenvalue weighted by molar-refractivity contribution is 6.02. The number of nitrogens with one attached hydrogen (secondary N) is 1. The molecule has 0 unspecified atom stereocenters. The Bertz CT molecular complexity index is 400. The maximum atomic E-state index is 11.7. The predicted octanol–water partition coefficient (Wildman–Crippen LogP) is -0.275. The van der Waals surface area contributed by atoms with Crippen LogP contribution in [-0.2, 0) is 14.3 Å². The largest absolute Gasteiger partial charge is 0.478 e. The molecule has 8 nitrogen and oxygen atoms in total. The highest BCUT2D eigenvalue weighted by Gasteiger charge is 2.14. The van der Waals surface area contributed by atoms with Crippen LogP contribution in [0.25, 0.3) is 0 Å². The smallest absolute Gasteiger partial charge is 0.328 e. The van der Waals surface area contributed by atoms with Crippen molar-refractivity contribution in [3.8, 4) is 6.07 Å². The van der Waals surface area contributed by atoms with Gasteiger partial charge in [-0.3, -0.25) is 10.1 Å². The lowest BCUT2D eigenvalue weighted by molar-refractivity contribution is -0.131. The molecule has 0 saturated carbocycles. The van der Waals surface area contributed by atoms with Gasteiger partial charge in [-0.2, -0.15) is 5.26 Å². The number of nitriles is 1. The molecule has 0 aromatic carbocycles. The molecule has 0 aliphatic carbocycles. The number of amides is 3. The number of aliphatic carboxylic acids is 1. The Morgan fingerprint density at radius 3 is 2.58 bits per heavy atom. The van der Waals surface area contributed by atoms with Crippen LogP contribution in [0.15, 0.2) is 12.2 Å². The van der Waals surface area contributed by atoms with Crippen LogP contribution in [0.2, 0.25) is 0 Å². The van der Waals surface area contributed by atoms with Crippen molar-refractivity contribution in [3.05, 3.63) is 12.2 Å². The third kappa shape index (κ3) is 8.34. The molecule has 0 spiro atoms. The van der Waals surface area contributed by atoms with E-state index in [1.54, 1.807) is 0 Å². The minimum atomic E-state index is -1.29. The summed E-state index contributed by atoms with van der Waals surface area (Å²) in [5.41, 5.74) is 0. The van der Waals surface area contributed by atoms with Gasteiger partial charge in [-0.25, -0.2) is 9.59 Å². The summed E-state index contributed by atoms with van der Waals surface area (Å²) < 4.78 is 4.81. The first-order valence-electron chi connectivity index (χ1n) is 5.38. The minimum absolute atomic E-state index is 0.121. The molecule has 0 saturated heterocycles. The lowest BCUT2D eigenvalue weighted by Crippen LogP contribution is -2.44. The molecule has 0 atom stereocenters. The molecule has 0 rings (SSSR count). The molecule has 0 heterocycles. The van der Waals surface area contributed by atoms with E-state index in [0.29, 0.717) is 6.08 Å². The highest BCUT2D eigenvalue weighted by atomic mass is 16.5. The Labute approximate surface area is 110 Å². The van der Waals surface area contributed by atoms with Crippen LogP contribution >= 0.6 is 0 Å². The molecule has 2 N–H and O–H groups in total. The van der Waals surface area contributed by atoms with Crippen LogP contribution in [0.3, 0.4) is 0 Å². The van der Waals surface area contributed by atoms with Gasteiger partial charge in [0.15, 0.2) is 0 Å². The molecular weight excluding hydrogens is 254 g/mol. The summed E-state index contributed by atoms with van der Waals surface area (Å²) >= 11 is 0. The average Bonchev–Trinajstić information content (AvgIpc) is 2.36. The van der Waals surface area contributed by atoms with Crippen molar-refractivity contribution >= 4 is 17.9 Å². The molecule has 0 aromatic heterocycles. The van der Waals surface area contributed by atoms with E-state index in [4.69, 9.17) is 15.1 Å². The van der Waals surface area contributed by atoms with Gasteiger partial charge >= 0.3 is 12.0 Å². The zero-order chi connectivity index (χ0) is 14.7. The Balaban J connectivity index is 4.41. The zero-order valence-electron chi connectivity index (χ0n) is 10.5. The van der Waals surface area contributed by atoms with E-state index in [0.717, 1.165) is 6.08 Å². The van der Waals surface area contributed by atoms with Crippen molar-refractivity contribution in [1.29, 1.82) is 5.26 Å². The maximum absolute atomic E-state index is 11.7. The van der Waals surface area contributed by atoms with Gasteiger partial charge in [0.2, 0.25) is 0 Å². The van der Waals surface area contributed by atoms with Crippen LogP contribution < -0.4 is 5.32 Å². The van der Waals surface area contributed by atoms with Gasteiger partial charge in [-0.05, 0) is 0 Å². The first kappa shape index (κ1) is 16.6. The standard InChI is InChI=1S/C11H15N3O5/c1-19-8-7-14(6-2-5-12)11(18)13-9(15)3-4-10(16)17/h3-4H,2,6-8H2,1H3,(H,16,17)(H,13,15,18). The van der Waals surface area contributed by atoms with Crippen LogP contribution in [0, 0.1) is 11.3 Å². The summed E-state index contributed by atoms with van der Waals surface area (Å²) in [4.78, 5) is 34.3. The van der Waals surface area contributed by atoms with Crippen molar-refractivity contribution in [2.24, 2.45) is 0 Å². The molecule has 0 aliphatic heterocycles. The molecule has 0 bridgehead atoms. The van der Waals surface area contributed by atoms with Crippen molar-refractivity contribution in [1.82, 2.24) is 10.2 Å². The van der Waals surface area contributed by atoms with Gasteiger partial charge < -0.3 is 14.7 Å². The fraction of sp³-hybridized carbons (Fsp3) is 0.455. The van der Waals surface area contributed by atoms with Gasteiger partial charge in [-0.1, -0.05) is 0 Å². The Kier molecular flexibility index (Phi) is 8.40. The van der Waals surface area contributed by atoms with Gasteiger partial charge in [-0.15, -0.1) is 0 Å². The van der Waals surface area contributed by atoms with Gasteiger partial charge in [0.25, 0.3) is 5.91 Å². The second kappa shape index (κ2) is 9.61. The van der Waals surface area contributed by atoms with Crippen LogP contribution in [0.4, 0.5) is 4.79 Å². The highest BCUT2D eigenvalue weighted by Crippen LogP contribution is 1.93. The summed E-state index contributed by atoms with van der Waals surface area (Å²) in [5.74, 6) is -2.13. The average molecular weight is 269 g/mol. The van der Waals surface area contributed by atoms with Crippen LogP contribution in [0.5, 0.6) is 0 Å². The first-order valence-corrected chi connectivity index (χ1v) is 5.38. The fourth-order valence-corrected chi connectivity index (χ4v) is 1.07. The fourth-order valence-electron chi connectivity index (χ4n) is 1.07. The molecule has 104 valence electrons. The van der Waals surface area contributed by atoms with Crippen LogP contribution in [0.1, 0.15) is 6.42 Å². The van der Waals surface area contributed by atoms with E-state index in [-0.39, 0.29) is 26.1 Å². The summed E-state index contributed by atoms with van der Waals surface area (Å²) in [6.45, 7) is 0.638. The van der Waals surface area contributed by atoms with E-state index in [9.17, 15) is 14.4 Å². The first-order chi connectivity index (χ1) is 9.01. The van der Waals surface area contributed by atoms with Gasteiger partial charge in [0.05, 0.1) is 19.1 Å². The number of methoxy groups -OCH3 is 1. The third-order valence-corrected chi connectivity index (χ3v) is 1.95. The number of rotatable bonds is 7. The van der Waals surface area contributed by atoms with Crippen molar-refractivity contribution in [2.45, 2.75) is 6.42 Å². The Morgan fingerprint density at radius 1 is 1.37 bits per heavy atom. The van der Waals surface area contributed by atoms with Crippen molar-refractivity contribution < 1.29 is 24.2 Å². The van der Waals surface area contributed by atoms with Crippen molar-refractivity contribution in [3.63, 3.8) is 0 Å². The lowest BCUT2D eigenvalue weighted by Gasteiger charge is -2.20. The number of ether oxygens (including phenoxy) is 1. The van der Waals surface area contributed by atoms with Gasteiger partial charge in [0, 0.05) is 32.4 Å². The zero-order valence-corrected chi connectivity index (χ0v) is 10.5. The monoisotopic (exact) mass is 269 g/mol. The second-order valence-electron chi connectivity index (χ2n) is 3.35. The summed E-state index contributed by atoms with van der Waals surface area (Å²) in [5, 5.41) is 18.8. The molecule has 0 fully saturated rings. The molecule has 8 heteroatoms. The Morgan fingerprint density at radius 2 is 2.05 bits per heavy atom. The van der Waals surface area contributed by atoms with Gasteiger partial charge in [0.1, 0.15) is 0 Å². The molecule has 0 radical (unpaired) electrons. The van der Waals surface area contributed by atoms with E-state index in [1.165, 1.54) is 12.0 Å². The molecular formula is C11H15N3O5. The Hall–Kier alpha value is -2.40. The SMILES string of the molecule is COCCN(CCC#N)C(=O)NC(=O)C=CC(=O)O. The minimum Gasteiger partial charge on any atom is -0.478 e. The number of hydrogen-bond acceptors (Lipinski definition) is 5. The number of carboxylic acids is 1. The third-order valence-electron chi connectivity index (χ3n) is 1.95. The topological polar surface area (TPSA) is 120 Å². The van der Waals surface area contributed by atoms with Crippen molar-refractivity contribution in [2.75, 3.05) is 26.8 Å². The van der Waals surface area contributed by atoms with E-state index in [1.807, 2.05) is 11.4 Å². The summed E-state index contributed by atoms with van der Waals surface area (Å²) in [6.07, 6.45) is 1.48. The van der Waals surface area contributed by atoms with E-state index < -0.39 is 17.9 Å².